The SMILES string of the molecule is COCCN1C(=O)[C@@H]2[C@H]3CCCN3[C@@]3(C(=O)Nc4ccc(F)cc43)[C@@H]2C1=O. The molecule has 8 heteroatoms. The van der Waals surface area contributed by atoms with Crippen LogP contribution in [0.4, 0.5) is 10.1 Å². The van der Waals surface area contributed by atoms with E-state index in [0.29, 0.717) is 17.8 Å². The van der Waals surface area contributed by atoms with Crippen molar-refractivity contribution >= 4 is 23.4 Å². The van der Waals surface area contributed by atoms with Crippen LogP contribution in [0.3, 0.4) is 0 Å². The van der Waals surface area contributed by atoms with Crippen LogP contribution in [0, 0.1) is 17.7 Å². The Balaban J connectivity index is 1.69. The number of fused-ring (bicyclic) bond motifs is 7. The molecule has 0 saturated carbocycles. The zero-order valence-electron chi connectivity index (χ0n) is 14.9. The minimum atomic E-state index is -1.31. The fraction of sp³-hybridized carbons (Fsp3) is 0.526. The maximum atomic E-state index is 14.1. The molecule has 0 aliphatic carbocycles. The molecule has 4 atom stereocenters. The Hall–Kier alpha value is -2.32. The Morgan fingerprint density at radius 3 is 2.89 bits per heavy atom. The smallest absolute Gasteiger partial charge is 0.250 e. The summed E-state index contributed by atoms with van der Waals surface area (Å²) in [7, 11) is 1.51. The second-order valence-electron chi connectivity index (χ2n) is 7.64. The van der Waals surface area contributed by atoms with E-state index in [-0.39, 0.29) is 36.9 Å². The van der Waals surface area contributed by atoms with E-state index in [2.05, 4.69) is 5.32 Å². The summed E-state index contributed by atoms with van der Waals surface area (Å²) in [5, 5.41) is 2.82. The van der Waals surface area contributed by atoms with Gasteiger partial charge in [0.05, 0.1) is 25.0 Å². The van der Waals surface area contributed by atoms with Gasteiger partial charge in [0.2, 0.25) is 17.7 Å². The van der Waals surface area contributed by atoms with Gasteiger partial charge >= 0.3 is 0 Å². The molecule has 0 bridgehead atoms. The number of anilines is 1. The van der Waals surface area contributed by atoms with E-state index in [1.165, 1.54) is 30.2 Å². The first-order chi connectivity index (χ1) is 13.0. The molecule has 27 heavy (non-hydrogen) atoms. The van der Waals surface area contributed by atoms with Crippen molar-refractivity contribution in [3.05, 3.63) is 29.6 Å². The minimum Gasteiger partial charge on any atom is -0.383 e. The molecule has 4 heterocycles. The fourth-order valence-corrected chi connectivity index (χ4v) is 5.64. The van der Waals surface area contributed by atoms with Crippen LogP contribution < -0.4 is 5.32 Å². The number of amides is 3. The number of likely N-dealkylation sites (tertiary alicyclic amines) is 1. The summed E-state index contributed by atoms with van der Waals surface area (Å²) in [6, 6.07) is 3.97. The summed E-state index contributed by atoms with van der Waals surface area (Å²) < 4.78 is 19.1. The molecule has 1 N–H and O–H groups in total. The van der Waals surface area contributed by atoms with Crippen molar-refractivity contribution in [1.82, 2.24) is 9.80 Å². The Labute approximate surface area is 155 Å². The van der Waals surface area contributed by atoms with Crippen molar-refractivity contribution in [2.24, 2.45) is 11.8 Å². The van der Waals surface area contributed by atoms with Gasteiger partial charge in [-0.25, -0.2) is 4.39 Å². The Morgan fingerprint density at radius 2 is 2.11 bits per heavy atom. The summed E-state index contributed by atoms with van der Waals surface area (Å²) in [5.41, 5.74) is -0.317. The number of imide groups is 1. The lowest BCUT2D eigenvalue weighted by molar-refractivity contribution is -0.146. The van der Waals surface area contributed by atoms with Gasteiger partial charge in [0.1, 0.15) is 11.4 Å². The maximum Gasteiger partial charge on any atom is 0.250 e. The number of halogens is 1. The molecule has 3 fully saturated rings. The summed E-state index contributed by atoms with van der Waals surface area (Å²) >= 11 is 0. The highest BCUT2D eigenvalue weighted by molar-refractivity contribution is 6.15. The second kappa shape index (κ2) is 5.59. The van der Waals surface area contributed by atoms with Crippen molar-refractivity contribution in [2.75, 3.05) is 32.1 Å². The van der Waals surface area contributed by atoms with Gasteiger partial charge in [-0.1, -0.05) is 0 Å². The topological polar surface area (TPSA) is 79.0 Å². The summed E-state index contributed by atoms with van der Waals surface area (Å²) in [6.45, 7) is 1.02. The first-order valence-electron chi connectivity index (χ1n) is 9.24. The van der Waals surface area contributed by atoms with Gasteiger partial charge in [0.15, 0.2) is 0 Å². The predicted molar refractivity (Wildman–Crippen MR) is 92.0 cm³/mol. The van der Waals surface area contributed by atoms with Gasteiger partial charge in [-0.15, -0.1) is 0 Å². The third-order valence-corrected chi connectivity index (χ3v) is 6.56. The van der Waals surface area contributed by atoms with Crippen molar-refractivity contribution in [2.45, 2.75) is 24.4 Å². The van der Waals surface area contributed by atoms with E-state index < -0.39 is 23.2 Å². The first-order valence-corrected chi connectivity index (χ1v) is 9.24. The quantitative estimate of drug-likeness (QED) is 0.789. The van der Waals surface area contributed by atoms with Crippen molar-refractivity contribution in [3.8, 4) is 0 Å². The Kier molecular flexibility index (Phi) is 3.48. The fourth-order valence-electron chi connectivity index (χ4n) is 5.64. The maximum absolute atomic E-state index is 14.1. The molecular weight excluding hydrogens is 353 g/mol. The molecule has 142 valence electrons. The van der Waals surface area contributed by atoms with Gasteiger partial charge in [-0.3, -0.25) is 24.2 Å². The number of methoxy groups -OCH3 is 1. The second-order valence-corrected chi connectivity index (χ2v) is 7.64. The molecule has 1 aromatic carbocycles. The molecule has 3 saturated heterocycles. The molecule has 0 aromatic heterocycles. The van der Waals surface area contributed by atoms with Gasteiger partial charge < -0.3 is 10.1 Å². The molecule has 4 aliphatic heterocycles. The predicted octanol–water partition coefficient (Wildman–Crippen LogP) is 0.699. The minimum absolute atomic E-state index is 0.168. The number of nitrogens with zero attached hydrogens (tertiary/aromatic N) is 2. The van der Waals surface area contributed by atoms with Crippen LogP contribution in [0.1, 0.15) is 18.4 Å². The number of rotatable bonds is 3. The summed E-state index contributed by atoms with van der Waals surface area (Å²) in [4.78, 5) is 42.8. The van der Waals surface area contributed by atoms with Crippen LogP contribution in [-0.2, 0) is 24.7 Å². The monoisotopic (exact) mass is 373 g/mol. The molecule has 3 amide bonds. The van der Waals surface area contributed by atoms with Gasteiger partial charge in [0, 0.05) is 24.4 Å². The molecule has 5 rings (SSSR count). The van der Waals surface area contributed by atoms with E-state index in [1.54, 1.807) is 0 Å². The van der Waals surface area contributed by atoms with Crippen molar-refractivity contribution < 1.29 is 23.5 Å². The lowest BCUT2D eigenvalue weighted by Crippen LogP contribution is -2.54. The van der Waals surface area contributed by atoms with E-state index >= 15 is 0 Å². The number of nitrogens with one attached hydrogen (secondary N) is 1. The zero-order valence-corrected chi connectivity index (χ0v) is 14.9. The molecule has 0 radical (unpaired) electrons. The summed E-state index contributed by atoms with van der Waals surface area (Å²) in [5.74, 6) is -2.79. The van der Waals surface area contributed by atoms with Crippen LogP contribution in [0.2, 0.25) is 0 Å². The van der Waals surface area contributed by atoms with E-state index in [4.69, 9.17) is 4.74 Å². The van der Waals surface area contributed by atoms with Crippen molar-refractivity contribution in [3.63, 3.8) is 0 Å². The third kappa shape index (κ3) is 1.89. The number of carbonyl (C=O) groups excluding carboxylic acids is 3. The number of carbonyl (C=O) groups is 3. The lowest BCUT2D eigenvalue weighted by Gasteiger charge is -2.36. The zero-order chi connectivity index (χ0) is 18.9. The molecule has 1 aromatic rings. The van der Waals surface area contributed by atoms with Crippen LogP contribution in [0.15, 0.2) is 18.2 Å². The average molecular weight is 373 g/mol. The number of benzene rings is 1. The van der Waals surface area contributed by atoms with E-state index in [0.717, 1.165) is 12.8 Å². The largest absolute Gasteiger partial charge is 0.383 e. The van der Waals surface area contributed by atoms with Crippen LogP contribution in [0.25, 0.3) is 0 Å². The van der Waals surface area contributed by atoms with Crippen LogP contribution >= 0.6 is 0 Å². The average Bonchev–Trinajstić information content (AvgIpc) is 3.33. The van der Waals surface area contributed by atoms with Crippen LogP contribution in [0.5, 0.6) is 0 Å². The highest BCUT2D eigenvalue weighted by Gasteiger charge is 2.74. The van der Waals surface area contributed by atoms with Gasteiger partial charge in [0.25, 0.3) is 0 Å². The third-order valence-electron chi connectivity index (χ3n) is 6.56. The molecule has 4 aliphatic rings. The first kappa shape index (κ1) is 16.8. The number of hydrogen-bond acceptors (Lipinski definition) is 5. The van der Waals surface area contributed by atoms with E-state index in [1.807, 2.05) is 4.90 Å². The molecule has 7 nitrogen and oxygen atoms in total. The van der Waals surface area contributed by atoms with Crippen LogP contribution in [-0.4, -0.2) is 60.4 Å². The summed E-state index contributed by atoms with van der Waals surface area (Å²) in [6.07, 6.45) is 1.59. The molecule has 0 unspecified atom stereocenters. The molecule has 1 spiro atoms. The Bertz CT molecular complexity index is 875. The van der Waals surface area contributed by atoms with E-state index in [9.17, 15) is 18.8 Å². The lowest BCUT2D eigenvalue weighted by atomic mass is 9.75. The highest BCUT2D eigenvalue weighted by Crippen LogP contribution is 2.60. The standard InChI is InChI=1S/C19H20FN3O4/c1-27-8-7-22-16(24)14-13-3-2-6-23(13)19(15(14)17(22)25)11-9-10(20)4-5-12(11)21-18(19)26/h4-5,9,13-15H,2-3,6-8H2,1H3,(H,21,26)/t13-,14-,15+,19-/m1/s1. The Morgan fingerprint density at radius 1 is 1.30 bits per heavy atom. The van der Waals surface area contributed by atoms with Gasteiger partial charge in [-0.2, -0.15) is 0 Å². The number of ether oxygens (including phenoxy) is 1. The normalized spacial score (nSPS) is 34.4. The highest BCUT2D eigenvalue weighted by atomic mass is 19.1. The molecular formula is C19H20FN3O4. The number of hydrogen-bond donors (Lipinski definition) is 1. The van der Waals surface area contributed by atoms with Crippen molar-refractivity contribution in [1.29, 1.82) is 0 Å². The van der Waals surface area contributed by atoms with Gasteiger partial charge in [-0.05, 0) is 37.6 Å².